The molecule has 3 aromatic heterocycles. The van der Waals surface area contributed by atoms with Gasteiger partial charge in [0.1, 0.15) is 5.65 Å². The number of para-hydroxylation sites is 2. The van der Waals surface area contributed by atoms with Gasteiger partial charge in [-0.3, -0.25) is 4.40 Å². The lowest BCUT2D eigenvalue weighted by Crippen LogP contribution is -2.13. The van der Waals surface area contributed by atoms with Gasteiger partial charge in [0.05, 0.1) is 22.1 Å². The van der Waals surface area contributed by atoms with Crippen LogP contribution in [0, 0.1) is 0 Å². The second-order valence-electron chi connectivity index (χ2n) is 11.8. The number of hydrogen-bond donors (Lipinski definition) is 0. The van der Waals surface area contributed by atoms with Crippen molar-refractivity contribution in [3.8, 4) is 16.8 Å². The van der Waals surface area contributed by atoms with Crippen molar-refractivity contribution in [2.24, 2.45) is 0 Å². The fourth-order valence-electron chi connectivity index (χ4n) is 6.31. The van der Waals surface area contributed by atoms with E-state index in [1.54, 1.807) is 0 Å². The maximum atomic E-state index is 5.09. The summed E-state index contributed by atoms with van der Waals surface area (Å²) >= 11 is 0. The highest BCUT2D eigenvalue weighted by Gasteiger charge is 2.21. The fraction of sp³-hybridized carbons (Fsp3) is 0.108. The molecule has 8 aromatic rings. The molecule has 0 bridgehead atoms. The fourth-order valence-corrected chi connectivity index (χ4v) is 6.31. The largest absolute Gasteiger partial charge is 0.309 e. The Morgan fingerprint density at radius 1 is 0.550 bits per heavy atom. The number of hydrogen-bond acceptors (Lipinski definition) is 1. The Balaban J connectivity index is 1.37. The number of aromatic nitrogens is 3. The van der Waals surface area contributed by atoms with Gasteiger partial charge in [0.25, 0.3) is 0 Å². The van der Waals surface area contributed by atoms with Gasteiger partial charge in [-0.25, -0.2) is 4.98 Å². The van der Waals surface area contributed by atoms with Crippen molar-refractivity contribution in [2.75, 3.05) is 0 Å². The molecule has 0 aliphatic rings. The average Bonchev–Trinajstić information content (AvgIpc) is 3.52. The van der Waals surface area contributed by atoms with E-state index in [9.17, 15) is 0 Å². The van der Waals surface area contributed by atoms with Crippen LogP contribution in [0.3, 0.4) is 0 Å². The molecule has 40 heavy (non-hydrogen) atoms. The summed E-state index contributed by atoms with van der Waals surface area (Å²) in [5.41, 5.74) is 10.5. The molecular weight excluding hydrogens is 486 g/mol. The number of rotatable bonds is 2. The third-order valence-electron chi connectivity index (χ3n) is 8.23. The molecule has 5 aromatic carbocycles. The van der Waals surface area contributed by atoms with Crippen molar-refractivity contribution in [3.05, 3.63) is 127 Å². The highest BCUT2D eigenvalue weighted by atomic mass is 15.0. The molecule has 0 fully saturated rings. The summed E-state index contributed by atoms with van der Waals surface area (Å²) < 4.78 is 4.66. The quantitative estimate of drug-likeness (QED) is 0.225. The van der Waals surface area contributed by atoms with Crippen LogP contribution in [0.25, 0.3) is 66.1 Å². The van der Waals surface area contributed by atoms with Crippen LogP contribution in [-0.2, 0) is 5.41 Å². The summed E-state index contributed by atoms with van der Waals surface area (Å²) in [4.78, 5) is 5.09. The van der Waals surface area contributed by atoms with Crippen molar-refractivity contribution >= 4 is 49.3 Å². The van der Waals surface area contributed by atoms with Gasteiger partial charge in [-0.05, 0) is 70.0 Å². The standard InChI is InChI=1S/C37H29N3/c1-37(2,3)31-23-39-35-22-25(17-19-32(35)38-36(39)29-15-8-7-13-27(29)31)24-18-20-34-30(21-24)28-14-9-10-16-33(28)40(34)26-11-5-4-6-12-26/h4-23H,1-3H3. The van der Waals surface area contributed by atoms with E-state index in [0.29, 0.717) is 0 Å². The number of fused-ring (bicyclic) bond motifs is 8. The van der Waals surface area contributed by atoms with E-state index in [2.05, 4.69) is 151 Å². The van der Waals surface area contributed by atoms with Crippen molar-refractivity contribution in [1.82, 2.24) is 14.0 Å². The first-order valence-corrected chi connectivity index (χ1v) is 13.9. The van der Waals surface area contributed by atoms with E-state index < -0.39 is 0 Å². The molecule has 0 unspecified atom stereocenters. The second-order valence-corrected chi connectivity index (χ2v) is 11.8. The van der Waals surface area contributed by atoms with Crippen molar-refractivity contribution in [2.45, 2.75) is 26.2 Å². The predicted octanol–water partition coefficient (Wildman–Crippen LogP) is 9.70. The van der Waals surface area contributed by atoms with Crippen LogP contribution in [0.4, 0.5) is 0 Å². The first-order chi connectivity index (χ1) is 19.5. The highest BCUT2D eigenvalue weighted by molar-refractivity contribution is 6.10. The minimum Gasteiger partial charge on any atom is -0.309 e. The van der Waals surface area contributed by atoms with E-state index in [1.807, 2.05) is 0 Å². The zero-order valence-corrected chi connectivity index (χ0v) is 22.9. The Hall–Kier alpha value is -4.89. The third kappa shape index (κ3) is 3.34. The van der Waals surface area contributed by atoms with Crippen LogP contribution in [0.5, 0.6) is 0 Å². The Morgan fingerprint density at radius 3 is 2.00 bits per heavy atom. The molecule has 0 N–H and O–H groups in total. The highest BCUT2D eigenvalue weighted by Crippen LogP contribution is 2.37. The number of imidazole rings is 1. The minimum atomic E-state index is 0.0139. The molecule has 3 heteroatoms. The molecule has 0 aliphatic carbocycles. The number of benzene rings is 5. The van der Waals surface area contributed by atoms with Gasteiger partial charge >= 0.3 is 0 Å². The lowest BCUT2D eigenvalue weighted by Gasteiger charge is -2.22. The minimum absolute atomic E-state index is 0.0139. The molecule has 0 amide bonds. The Labute approximate surface area is 232 Å². The van der Waals surface area contributed by atoms with Crippen LogP contribution in [0.2, 0.25) is 0 Å². The van der Waals surface area contributed by atoms with Crippen LogP contribution in [-0.4, -0.2) is 14.0 Å². The van der Waals surface area contributed by atoms with Gasteiger partial charge in [0.2, 0.25) is 0 Å². The SMILES string of the molecule is CC(C)(C)c1cn2c3cc(-c4ccc5c(c4)c4ccccc4n5-c4ccccc4)ccc3nc2c2ccccc12. The average molecular weight is 516 g/mol. The van der Waals surface area contributed by atoms with E-state index >= 15 is 0 Å². The smallest absolute Gasteiger partial charge is 0.145 e. The first-order valence-electron chi connectivity index (χ1n) is 13.9. The molecule has 3 nitrogen and oxygen atoms in total. The topological polar surface area (TPSA) is 22.2 Å². The van der Waals surface area contributed by atoms with Gasteiger partial charge in [-0.1, -0.05) is 93.6 Å². The maximum Gasteiger partial charge on any atom is 0.145 e. The molecule has 3 heterocycles. The third-order valence-corrected chi connectivity index (χ3v) is 8.23. The van der Waals surface area contributed by atoms with E-state index in [1.165, 1.54) is 55.0 Å². The lowest BCUT2D eigenvalue weighted by molar-refractivity contribution is 0.593. The lowest BCUT2D eigenvalue weighted by atomic mass is 9.85. The summed E-state index contributed by atoms with van der Waals surface area (Å²) in [5, 5.41) is 5.00. The van der Waals surface area contributed by atoms with E-state index in [-0.39, 0.29) is 5.41 Å². The molecule has 0 atom stereocenters. The summed E-state index contributed by atoms with van der Waals surface area (Å²) in [6.07, 6.45) is 2.30. The van der Waals surface area contributed by atoms with Crippen LogP contribution < -0.4 is 0 Å². The predicted molar refractivity (Wildman–Crippen MR) is 169 cm³/mol. The first kappa shape index (κ1) is 23.0. The summed E-state index contributed by atoms with van der Waals surface area (Å²) in [7, 11) is 0. The monoisotopic (exact) mass is 515 g/mol. The second kappa shape index (κ2) is 8.30. The zero-order chi connectivity index (χ0) is 27.0. The van der Waals surface area contributed by atoms with Crippen molar-refractivity contribution in [1.29, 1.82) is 0 Å². The normalized spacial score (nSPS) is 12.4. The summed E-state index contributed by atoms with van der Waals surface area (Å²) in [6.45, 7) is 6.85. The van der Waals surface area contributed by atoms with Crippen LogP contribution in [0.15, 0.2) is 121 Å². The molecule has 192 valence electrons. The Bertz CT molecular complexity index is 2240. The zero-order valence-electron chi connectivity index (χ0n) is 22.9. The molecule has 0 aliphatic heterocycles. The van der Waals surface area contributed by atoms with E-state index in [4.69, 9.17) is 4.98 Å². The number of pyridine rings is 1. The van der Waals surface area contributed by atoms with Crippen molar-refractivity contribution < 1.29 is 0 Å². The van der Waals surface area contributed by atoms with Gasteiger partial charge in [0.15, 0.2) is 0 Å². The maximum absolute atomic E-state index is 5.09. The van der Waals surface area contributed by atoms with Gasteiger partial charge < -0.3 is 4.57 Å². The number of nitrogens with zero attached hydrogens (tertiary/aromatic N) is 3. The Morgan fingerprint density at radius 2 is 1.20 bits per heavy atom. The Kier molecular flexibility index (Phi) is 4.78. The molecular formula is C37H29N3. The van der Waals surface area contributed by atoms with Crippen LogP contribution >= 0.6 is 0 Å². The molecule has 8 rings (SSSR count). The summed E-state index contributed by atoms with van der Waals surface area (Å²) in [6, 6.07) is 41.5. The van der Waals surface area contributed by atoms with Gasteiger partial charge in [-0.15, -0.1) is 0 Å². The van der Waals surface area contributed by atoms with Gasteiger partial charge in [0, 0.05) is 28.0 Å². The van der Waals surface area contributed by atoms with Crippen molar-refractivity contribution in [3.63, 3.8) is 0 Å². The molecule has 0 spiro atoms. The van der Waals surface area contributed by atoms with E-state index in [0.717, 1.165) is 16.7 Å². The van der Waals surface area contributed by atoms with Gasteiger partial charge in [-0.2, -0.15) is 0 Å². The van der Waals surface area contributed by atoms with Crippen LogP contribution in [0.1, 0.15) is 26.3 Å². The molecule has 0 radical (unpaired) electrons. The molecule has 0 saturated heterocycles. The summed E-state index contributed by atoms with van der Waals surface area (Å²) in [5.74, 6) is 0. The molecule has 0 saturated carbocycles.